The van der Waals surface area contributed by atoms with Gasteiger partial charge in [-0.3, -0.25) is 4.57 Å². The molecule has 3 N–H and O–H groups in total. The Labute approximate surface area is 218 Å². The van der Waals surface area contributed by atoms with E-state index < -0.39 is 17.3 Å². The number of aromatic nitrogens is 1. The van der Waals surface area contributed by atoms with E-state index in [1.165, 1.54) is 34.9 Å². The highest BCUT2D eigenvalue weighted by Gasteiger charge is 2.39. The van der Waals surface area contributed by atoms with Crippen molar-refractivity contribution in [2.45, 2.75) is 31.7 Å². The van der Waals surface area contributed by atoms with Crippen LogP contribution in [0.15, 0.2) is 95.2 Å². The van der Waals surface area contributed by atoms with Crippen molar-refractivity contribution in [3.63, 3.8) is 0 Å². The number of phenolic OH excluding ortho intramolecular Hbond substituents is 1. The minimum absolute atomic E-state index is 0.0185. The number of halogens is 1. The SMILES string of the molecule is CC(C)c1ccc(-n2c(O)c(N=NC3(C(=O)O)C=CC=C(c4ccccc4O)C3)c3cc(F)ccc32)cc1. The Balaban J connectivity index is 1.60. The number of allylic oxidation sites excluding steroid dienone is 2. The Bertz CT molecular complexity index is 1630. The molecule has 0 radical (unpaired) electrons. The first-order valence-electron chi connectivity index (χ1n) is 12.2. The summed E-state index contributed by atoms with van der Waals surface area (Å²) in [5.74, 6) is -1.73. The molecule has 0 bridgehead atoms. The number of hydrogen-bond donors (Lipinski definition) is 3. The number of carboxylic acids is 1. The summed E-state index contributed by atoms with van der Waals surface area (Å²) < 4.78 is 15.8. The van der Waals surface area contributed by atoms with Crippen LogP contribution in [0.2, 0.25) is 0 Å². The van der Waals surface area contributed by atoms with Crippen LogP contribution in [0, 0.1) is 5.82 Å². The average Bonchev–Trinajstić information content (AvgIpc) is 3.18. The largest absolute Gasteiger partial charge is 0.507 e. The van der Waals surface area contributed by atoms with Crippen molar-refractivity contribution in [2.24, 2.45) is 10.2 Å². The molecule has 0 fully saturated rings. The van der Waals surface area contributed by atoms with E-state index >= 15 is 0 Å². The molecule has 1 unspecified atom stereocenters. The lowest BCUT2D eigenvalue weighted by atomic mass is 9.84. The van der Waals surface area contributed by atoms with E-state index in [9.17, 15) is 24.5 Å². The highest BCUT2D eigenvalue weighted by molar-refractivity contribution is 5.96. The van der Waals surface area contributed by atoms with Crippen molar-refractivity contribution < 1.29 is 24.5 Å². The molecule has 0 amide bonds. The Morgan fingerprint density at radius 1 is 1.05 bits per heavy atom. The lowest BCUT2D eigenvalue weighted by Gasteiger charge is -2.25. The van der Waals surface area contributed by atoms with Gasteiger partial charge in [0.1, 0.15) is 11.6 Å². The van der Waals surface area contributed by atoms with Gasteiger partial charge in [-0.2, -0.15) is 5.11 Å². The highest BCUT2D eigenvalue weighted by atomic mass is 19.1. The fraction of sp³-hybridized carbons (Fsp3) is 0.167. The molecule has 0 saturated carbocycles. The molecule has 38 heavy (non-hydrogen) atoms. The van der Waals surface area contributed by atoms with Crippen molar-refractivity contribution in [1.82, 2.24) is 4.57 Å². The summed E-state index contributed by atoms with van der Waals surface area (Å²) in [5.41, 5.74) is 1.48. The number of aromatic hydroxyl groups is 2. The zero-order valence-corrected chi connectivity index (χ0v) is 20.8. The first-order valence-corrected chi connectivity index (χ1v) is 12.2. The molecule has 7 nitrogen and oxygen atoms in total. The average molecular weight is 512 g/mol. The van der Waals surface area contributed by atoms with E-state index in [1.54, 1.807) is 30.4 Å². The molecule has 1 aliphatic rings. The third-order valence-electron chi connectivity index (χ3n) is 6.77. The second-order valence-electron chi connectivity index (χ2n) is 9.59. The fourth-order valence-corrected chi connectivity index (χ4v) is 4.66. The van der Waals surface area contributed by atoms with Crippen LogP contribution in [0.25, 0.3) is 22.2 Å². The topological polar surface area (TPSA) is 107 Å². The number of fused-ring (bicyclic) bond motifs is 1. The lowest BCUT2D eigenvalue weighted by molar-refractivity contribution is -0.141. The molecule has 8 heteroatoms. The second-order valence-corrected chi connectivity index (χ2v) is 9.59. The van der Waals surface area contributed by atoms with Crippen LogP contribution < -0.4 is 0 Å². The first kappa shape index (κ1) is 25.0. The maximum Gasteiger partial charge on any atom is 0.337 e. The van der Waals surface area contributed by atoms with E-state index in [1.807, 2.05) is 24.3 Å². The van der Waals surface area contributed by atoms with E-state index in [0.29, 0.717) is 28.3 Å². The number of para-hydroxylation sites is 1. The van der Waals surface area contributed by atoms with E-state index in [0.717, 1.165) is 5.56 Å². The smallest absolute Gasteiger partial charge is 0.337 e. The summed E-state index contributed by atoms with van der Waals surface area (Å²) in [7, 11) is 0. The molecular weight excluding hydrogens is 485 g/mol. The molecule has 1 aliphatic carbocycles. The monoisotopic (exact) mass is 511 g/mol. The summed E-state index contributed by atoms with van der Waals surface area (Å²) >= 11 is 0. The van der Waals surface area contributed by atoms with Crippen LogP contribution in [0.1, 0.15) is 37.3 Å². The number of benzene rings is 3. The molecule has 192 valence electrons. The third kappa shape index (κ3) is 4.34. The van der Waals surface area contributed by atoms with Gasteiger partial charge in [0, 0.05) is 23.1 Å². The predicted molar refractivity (Wildman–Crippen MR) is 144 cm³/mol. The number of azo groups is 1. The number of hydrogen-bond acceptors (Lipinski definition) is 5. The molecular formula is C30H26FN3O4. The van der Waals surface area contributed by atoms with Gasteiger partial charge in [-0.1, -0.05) is 56.3 Å². The molecule has 1 heterocycles. The van der Waals surface area contributed by atoms with Crippen molar-refractivity contribution in [2.75, 3.05) is 0 Å². The quantitative estimate of drug-likeness (QED) is 0.237. The highest BCUT2D eigenvalue weighted by Crippen LogP contribution is 2.43. The number of nitrogens with zero attached hydrogens (tertiary/aromatic N) is 3. The maximum absolute atomic E-state index is 14.3. The van der Waals surface area contributed by atoms with Gasteiger partial charge in [0.2, 0.25) is 11.4 Å². The van der Waals surface area contributed by atoms with E-state index in [2.05, 4.69) is 24.1 Å². The van der Waals surface area contributed by atoms with Gasteiger partial charge in [0.05, 0.1) is 5.52 Å². The molecule has 0 aliphatic heterocycles. The molecule has 1 atom stereocenters. The molecule has 0 saturated heterocycles. The van der Waals surface area contributed by atoms with Crippen molar-refractivity contribution in [3.8, 4) is 17.3 Å². The van der Waals surface area contributed by atoms with Gasteiger partial charge >= 0.3 is 5.97 Å². The number of aliphatic carboxylic acids is 1. The van der Waals surface area contributed by atoms with Gasteiger partial charge in [-0.15, -0.1) is 5.11 Å². The standard InChI is InChI=1S/C30H26FN3O4/c1-18(2)19-9-12-22(13-10-19)34-25-14-11-21(31)16-24(25)27(28(34)36)32-33-30(29(37)38)15-5-6-20(17-30)23-7-3-4-8-26(23)35/h3-16,18,35-36H,17H2,1-2H3,(H,37,38). The van der Waals surface area contributed by atoms with Crippen molar-refractivity contribution in [3.05, 3.63) is 102 Å². The number of phenols is 1. The summed E-state index contributed by atoms with van der Waals surface area (Å²) in [5, 5.41) is 40.4. The Hall–Kier alpha value is -4.72. The van der Waals surface area contributed by atoms with Gasteiger partial charge in [0.25, 0.3) is 0 Å². The fourth-order valence-electron chi connectivity index (χ4n) is 4.66. The molecule has 1 aromatic heterocycles. The summed E-state index contributed by atoms with van der Waals surface area (Å²) in [6, 6.07) is 18.3. The molecule has 4 aromatic rings. The Morgan fingerprint density at radius 2 is 1.79 bits per heavy atom. The van der Waals surface area contributed by atoms with Crippen LogP contribution in [0.3, 0.4) is 0 Å². The van der Waals surface area contributed by atoms with Gasteiger partial charge in [-0.25, -0.2) is 9.18 Å². The second kappa shape index (κ2) is 9.63. The number of carbonyl (C=O) groups is 1. The third-order valence-corrected chi connectivity index (χ3v) is 6.77. The summed E-state index contributed by atoms with van der Waals surface area (Å²) in [6.07, 6.45) is 4.59. The zero-order valence-electron chi connectivity index (χ0n) is 20.8. The summed E-state index contributed by atoms with van der Waals surface area (Å²) in [6.45, 7) is 4.16. The number of carboxylic acid groups (broad SMARTS) is 1. The maximum atomic E-state index is 14.3. The minimum atomic E-state index is -1.79. The molecule has 0 spiro atoms. The predicted octanol–water partition coefficient (Wildman–Crippen LogP) is 7.25. The van der Waals surface area contributed by atoms with E-state index in [4.69, 9.17) is 0 Å². The van der Waals surface area contributed by atoms with Crippen LogP contribution >= 0.6 is 0 Å². The van der Waals surface area contributed by atoms with Gasteiger partial charge in [0.15, 0.2) is 5.69 Å². The summed E-state index contributed by atoms with van der Waals surface area (Å²) in [4.78, 5) is 12.5. The molecule has 5 rings (SSSR count). The van der Waals surface area contributed by atoms with Gasteiger partial charge < -0.3 is 15.3 Å². The van der Waals surface area contributed by atoms with Crippen LogP contribution in [-0.4, -0.2) is 31.4 Å². The first-order chi connectivity index (χ1) is 18.2. The van der Waals surface area contributed by atoms with Gasteiger partial charge in [-0.05, 0) is 59.5 Å². The molecule has 3 aromatic carbocycles. The lowest BCUT2D eigenvalue weighted by Crippen LogP contribution is -2.35. The van der Waals surface area contributed by atoms with Crippen LogP contribution in [0.5, 0.6) is 11.6 Å². The van der Waals surface area contributed by atoms with Crippen LogP contribution in [-0.2, 0) is 4.79 Å². The zero-order chi connectivity index (χ0) is 27.0. The minimum Gasteiger partial charge on any atom is -0.507 e. The Kier molecular flexibility index (Phi) is 6.32. The Morgan fingerprint density at radius 3 is 2.47 bits per heavy atom. The van der Waals surface area contributed by atoms with Crippen molar-refractivity contribution in [1.29, 1.82) is 0 Å². The van der Waals surface area contributed by atoms with Crippen molar-refractivity contribution >= 4 is 28.1 Å². The normalized spacial score (nSPS) is 17.4. The van der Waals surface area contributed by atoms with E-state index in [-0.39, 0.29) is 29.1 Å². The number of rotatable bonds is 6. The van der Waals surface area contributed by atoms with Crippen LogP contribution in [0.4, 0.5) is 10.1 Å².